The Hall–Kier alpha value is -1.52. The van der Waals surface area contributed by atoms with E-state index >= 15 is 0 Å². The highest BCUT2D eigenvalue weighted by Crippen LogP contribution is 2.23. The molecule has 0 aliphatic rings. The summed E-state index contributed by atoms with van der Waals surface area (Å²) < 4.78 is 13.3. The number of aliphatic hydroxyl groups is 1. The molecule has 0 amide bonds. The van der Waals surface area contributed by atoms with Crippen LogP contribution in [0.25, 0.3) is 0 Å². The summed E-state index contributed by atoms with van der Waals surface area (Å²) in [5, 5.41) is 10.2. The van der Waals surface area contributed by atoms with Crippen LogP contribution in [0, 0.1) is 5.82 Å². The molecule has 0 aromatic carbocycles. The number of halogens is 2. The molecule has 82 valence electrons. The van der Waals surface area contributed by atoms with Gasteiger partial charge in [-0.1, -0.05) is 17.7 Å². The van der Waals surface area contributed by atoms with Gasteiger partial charge in [-0.15, -0.1) is 0 Å². The minimum atomic E-state index is -1.06. The van der Waals surface area contributed by atoms with Crippen molar-refractivity contribution in [2.45, 2.75) is 6.10 Å². The fraction of sp³-hybridized carbons (Fsp3) is 0.0909. The monoisotopic (exact) mass is 238 g/mol. The maximum absolute atomic E-state index is 13.3. The molecular formula is C11H8ClFN2O. The predicted molar refractivity (Wildman–Crippen MR) is 57.5 cm³/mol. The number of hydrogen-bond acceptors (Lipinski definition) is 3. The first-order valence-electron chi connectivity index (χ1n) is 4.57. The molecule has 2 heterocycles. The van der Waals surface area contributed by atoms with E-state index in [4.69, 9.17) is 11.6 Å². The van der Waals surface area contributed by atoms with Gasteiger partial charge in [-0.25, -0.2) is 9.37 Å². The highest BCUT2D eigenvalue weighted by molar-refractivity contribution is 6.29. The first-order valence-corrected chi connectivity index (χ1v) is 4.95. The fourth-order valence-corrected chi connectivity index (χ4v) is 1.45. The summed E-state index contributed by atoms with van der Waals surface area (Å²) >= 11 is 5.62. The Kier molecular flexibility index (Phi) is 3.12. The highest BCUT2D eigenvalue weighted by Gasteiger charge is 2.14. The van der Waals surface area contributed by atoms with Crippen molar-refractivity contribution in [1.82, 2.24) is 9.97 Å². The summed E-state index contributed by atoms with van der Waals surface area (Å²) in [6, 6.07) is 4.56. The van der Waals surface area contributed by atoms with E-state index in [2.05, 4.69) is 9.97 Å². The van der Waals surface area contributed by atoms with Crippen LogP contribution < -0.4 is 0 Å². The Balaban J connectivity index is 2.35. The molecule has 1 atom stereocenters. The van der Waals surface area contributed by atoms with Crippen LogP contribution in [-0.4, -0.2) is 15.1 Å². The van der Waals surface area contributed by atoms with E-state index in [9.17, 15) is 9.50 Å². The van der Waals surface area contributed by atoms with Gasteiger partial charge in [-0.05, 0) is 12.1 Å². The van der Waals surface area contributed by atoms with Crippen LogP contribution in [0.1, 0.15) is 17.2 Å². The van der Waals surface area contributed by atoms with E-state index in [1.807, 2.05) is 0 Å². The van der Waals surface area contributed by atoms with Crippen LogP contribution in [0.2, 0.25) is 5.15 Å². The van der Waals surface area contributed by atoms with Crippen molar-refractivity contribution in [3.8, 4) is 0 Å². The van der Waals surface area contributed by atoms with Gasteiger partial charge >= 0.3 is 0 Å². The Morgan fingerprint density at radius 1 is 1.25 bits per heavy atom. The maximum atomic E-state index is 13.3. The first kappa shape index (κ1) is 11.0. The summed E-state index contributed by atoms with van der Waals surface area (Å²) in [6.45, 7) is 0. The molecule has 0 bridgehead atoms. The zero-order valence-electron chi connectivity index (χ0n) is 8.14. The fourth-order valence-electron chi connectivity index (χ4n) is 1.34. The quantitative estimate of drug-likeness (QED) is 0.817. The largest absolute Gasteiger partial charge is 0.383 e. The lowest BCUT2D eigenvalue weighted by atomic mass is 10.0. The lowest BCUT2D eigenvalue weighted by Gasteiger charge is -2.11. The number of aromatic nitrogens is 2. The van der Waals surface area contributed by atoms with Crippen LogP contribution in [0.15, 0.2) is 36.8 Å². The molecule has 0 aliphatic heterocycles. The molecular weight excluding hydrogens is 231 g/mol. The van der Waals surface area contributed by atoms with E-state index < -0.39 is 11.9 Å². The Labute approximate surface area is 96.6 Å². The topological polar surface area (TPSA) is 46.0 Å². The SMILES string of the molecule is OC(c1ccc(Cl)nc1)c1ccncc1F. The van der Waals surface area contributed by atoms with Crippen molar-refractivity contribution >= 4 is 11.6 Å². The Morgan fingerprint density at radius 3 is 2.69 bits per heavy atom. The standard InChI is InChI=1S/C11H8ClFN2O/c12-10-2-1-7(5-15-10)11(16)8-3-4-14-6-9(8)13/h1-6,11,16H. The predicted octanol–water partition coefficient (Wildman–Crippen LogP) is 2.35. The van der Waals surface area contributed by atoms with E-state index in [0.717, 1.165) is 6.20 Å². The zero-order chi connectivity index (χ0) is 11.5. The summed E-state index contributed by atoms with van der Waals surface area (Å²) in [6.07, 6.45) is 2.83. The van der Waals surface area contributed by atoms with Crippen molar-refractivity contribution in [3.63, 3.8) is 0 Å². The number of aliphatic hydroxyl groups excluding tert-OH is 1. The van der Waals surface area contributed by atoms with E-state index in [1.54, 1.807) is 12.1 Å². The van der Waals surface area contributed by atoms with E-state index in [0.29, 0.717) is 10.7 Å². The van der Waals surface area contributed by atoms with Crippen molar-refractivity contribution in [2.75, 3.05) is 0 Å². The first-order chi connectivity index (χ1) is 7.68. The smallest absolute Gasteiger partial charge is 0.147 e. The summed E-state index contributed by atoms with van der Waals surface area (Å²) in [5.74, 6) is -0.551. The van der Waals surface area contributed by atoms with Gasteiger partial charge in [0.05, 0.1) is 6.20 Å². The van der Waals surface area contributed by atoms with Crippen molar-refractivity contribution < 1.29 is 9.50 Å². The molecule has 0 aliphatic carbocycles. The zero-order valence-corrected chi connectivity index (χ0v) is 8.89. The molecule has 0 saturated carbocycles. The van der Waals surface area contributed by atoms with Crippen LogP contribution >= 0.6 is 11.6 Å². The van der Waals surface area contributed by atoms with Crippen LogP contribution in [0.5, 0.6) is 0 Å². The third-order valence-corrected chi connectivity index (χ3v) is 2.39. The summed E-state index contributed by atoms with van der Waals surface area (Å²) in [5.41, 5.74) is 0.647. The maximum Gasteiger partial charge on any atom is 0.147 e. The lowest BCUT2D eigenvalue weighted by Crippen LogP contribution is -2.03. The minimum absolute atomic E-state index is 0.166. The number of hydrogen-bond donors (Lipinski definition) is 1. The van der Waals surface area contributed by atoms with Gasteiger partial charge in [-0.2, -0.15) is 0 Å². The minimum Gasteiger partial charge on any atom is -0.383 e. The molecule has 0 fully saturated rings. The van der Waals surface area contributed by atoms with Gasteiger partial charge in [0, 0.05) is 23.5 Å². The Bertz CT molecular complexity index is 490. The summed E-state index contributed by atoms with van der Waals surface area (Å²) in [4.78, 5) is 7.43. The Morgan fingerprint density at radius 2 is 2.06 bits per heavy atom. The van der Waals surface area contributed by atoms with Gasteiger partial charge in [0.2, 0.25) is 0 Å². The molecule has 2 aromatic heterocycles. The van der Waals surface area contributed by atoms with Gasteiger partial charge in [-0.3, -0.25) is 4.98 Å². The molecule has 16 heavy (non-hydrogen) atoms. The lowest BCUT2D eigenvalue weighted by molar-refractivity contribution is 0.214. The molecule has 2 rings (SSSR count). The van der Waals surface area contributed by atoms with Crippen LogP contribution in [0.4, 0.5) is 4.39 Å². The normalized spacial score (nSPS) is 12.4. The molecule has 2 aromatic rings. The third-order valence-electron chi connectivity index (χ3n) is 2.16. The molecule has 1 unspecified atom stereocenters. The molecule has 0 radical (unpaired) electrons. The van der Waals surface area contributed by atoms with Crippen LogP contribution in [-0.2, 0) is 0 Å². The molecule has 0 saturated heterocycles. The molecule has 1 N–H and O–H groups in total. The van der Waals surface area contributed by atoms with Gasteiger partial charge < -0.3 is 5.11 Å². The molecule has 3 nitrogen and oxygen atoms in total. The molecule has 5 heteroatoms. The third kappa shape index (κ3) is 2.18. The van der Waals surface area contributed by atoms with Crippen molar-refractivity contribution in [1.29, 1.82) is 0 Å². The second-order valence-corrected chi connectivity index (χ2v) is 3.60. The van der Waals surface area contributed by atoms with Gasteiger partial charge in [0.1, 0.15) is 17.1 Å². The average molecular weight is 239 g/mol. The molecule has 0 spiro atoms. The van der Waals surface area contributed by atoms with Crippen molar-refractivity contribution in [2.24, 2.45) is 0 Å². The number of nitrogens with zero attached hydrogens (tertiary/aromatic N) is 2. The van der Waals surface area contributed by atoms with E-state index in [1.165, 1.54) is 18.5 Å². The summed E-state index contributed by atoms with van der Waals surface area (Å²) in [7, 11) is 0. The number of rotatable bonds is 2. The second-order valence-electron chi connectivity index (χ2n) is 3.21. The van der Waals surface area contributed by atoms with E-state index in [-0.39, 0.29) is 5.56 Å². The average Bonchev–Trinajstić information content (AvgIpc) is 2.30. The number of pyridine rings is 2. The van der Waals surface area contributed by atoms with Crippen LogP contribution in [0.3, 0.4) is 0 Å². The second kappa shape index (κ2) is 4.55. The highest BCUT2D eigenvalue weighted by atomic mass is 35.5. The van der Waals surface area contributed by atoms with Gasteiger partial charge in [0.25, 0.3) is 0 Å². The van der Waals surface area contributed by atoms with Gasteiger partial charge in [0.15, 0.2) is 0 Å². The van der Waals surface area contributed by atoms with Crippen molar-refractivity contribution in [3.05, 3.63) is 58.9 Å².